The minimum atomic E-state index is -4.52. The zero-order valence-electron chi connectivity index (χ0n) is 13.5. The van der Waals surface area contributed by atoms with Gasteiger partial charge in [0.25, 0.3) is 16.0 Å². The first-order chi connectivity index (χ1) is 12.2. The smallest absolute Gasteiger partial charge is 0.339 e. The van der Waals surface area contributed by atoms with Crippen molar-refractivity contribution in [3.05, 3.63) is 23.5 Å². The van der Waals surface area contributed by atoms with Crippen LogP contribution in [0.2, 0.25) is 0 Å². The van der Waals surface area contributed by atoms with Gasteiger partial charge in [-0.15, -0.1) is 0 Å². The lowest BCUT2D eigenvalue weighted by molar-refractivity contribution is 0.0696. The van der Waals surface area contributed by atoms with E-state index in [1.807, 2.05) is 0 Å². The lowest BCUT2D eigenvalue weighted by Gasteiger charge is -2.19. The number of carbonyl (C=O) groups is 2. The Morgan fingerprint density at radius 1 is 1.27 bits per heavy atom. The first kappa shape index (κ1) is 18.9. The number of aromatic nitrogens is 4. The number of hydrogen-bond acceptors (Lipinski definition) is 9. The number of carboxylic acid groups (broad SMARTS) is 1. The summed E-state index contributed by atoms with van der Waals surface area (Å²) in [6, 6.07) is -0.149. The van der Waals surface area contributed by atoms with E-state index in [2.05, 4.69) is 20.2 Å². The highest BCUT2D eigenvalue weighted by molar-refractivity contribution is 7.92. The zero-order valence-corrected chi connectivity index (χ0v) is 14.3. The molecular weight excluding hydrogens is 372 g/mol. The van der Waals surface area contributed by atoms with Crippen LogP contribution in [0.5, 0.6) is 11.8 Å². The summed E-state index contributed by atoms with van der Waals surface area (Å²) in [5.41, 5.74) is 4.54. The first-order valence-electron chi connectivity index (χ1n) is 6.74. The second-order valence-electron chi connectivity index (χ2n) is 4.68. The van der Waals surface area contributed by atoms with Gasteiger partial charge in [-0.1, -0.05) is 0 Å². The Hall–Kier alpha value is -3.42. The van der Waals surface area contributed by atoms with Crippen molar-refractivity contribution in [2.45, 2.75) is 5.75 Å². The molecule has 0 atom stereocenters. The number of carbonyl (C=O) groups excluding carboxylic acids is 1. The normalized spacial score (nSPS) is 11.0. The van der Waals surface area contributed by atoms with Gasteiger partial charge in [0, 0.05) is 0 Å². The molecule has 0 saturated heterocycles. The van der Waals surface area contributed by atoms with E-state index in [0.29, 0.717) is 0 Å². The number of amides is 2. The van der Waals surface area contributed by atoms with Crippen LogP contribution in [-0.2, 0) is 15.8 Å². The number of methoxy groups -OCH3 is 2. The number of nitrogens with one attached hydrogen (secondary N) is 1. The van der Waals surface area contributed by atoms with Gasteiger partial charge in [0.2, 0.25) is 11.8 Å². The average Bonchev–Trinajstić information content (AvgIpc) is 3.01. The van der Waals surface area contributed by atoms with Crippen LogP contribution >= 0.6 is 0 Å². The third-order valence-corrected chi connectivity index (χ3v) is 4.57. The molecule has 140 valence electrons. The number of ether oxygens (including phenoxy) is 2. The Labute approximate surface area is 146 Å². The molecule has 0 bridgehead atoms. The highest BCUT2D eigenvalue weighted by Crippen LogP contribution is 2.23. The Morgan fingerprint density at radius 3 is 2.31 bits per heavy atom. The molecular formula is C12H14N6O7S. The fraction of sp³-hybridized carbons (Fsp3) is 0.250. The molecule has 4 N–H and O–H groups in total. The van der Waals surface area contributed by atoms with Gasteiger partial charge < -0.3 is 20.3 Å². The van der Waals surface area contributed by atoms with Crippen LogP contribution in [0, 0.1) is 0 Å². The van der Waals surface area contributed by atoms with Gasteiger partial charge >= 0.3 is 12.0 Å². The molecule has 0 spiro atoms. The van der Waals surface area contributed by atoms with Gasteiger partial charge in [0.15, 0.2) is 0 Å². The zero-order chi connectivity index (χ0) is 19.5. The van der Waals surface area contributed by atoms with Gasteiger partial charge in [0.1, 0.15) is 11.3 Å². The maximum atomic E-state index is 12.6. The molecule has 0 aromatic carbocycles. The van der Waals surface area contributed by atoms with Crippen LogP contribution in [0.3, 0.4) is 0 Å². The van der Waals surface area contributed by atoms with Crippen molar-refractivity contribution in [3.63, 3.8) is 0 Å². The van der Waals surface area contributed by atoms with Crippen LogP contribution in [-0.4, -0.2) is 59.9 Å². The number of aromatic carboxylic acids is 1. The van der Waals surface area contributed by atoms with Gasteiger partial charge in [-0.25, -0.2) is 18.0 Å². The van der Waals surface area contributed by atoms with Crippen molar-refractivity contribution in [3.8, 4) is 11.8 Å². The third kappa shape index (κ3) is 3.80. The summed E-state index contributed by atoms with van der Waals surface area (Å²) in [5.74, 6) is -3.10. The van der Waals surface area contributed by atoms with E-state index in [0.717, 1.165) is 6.20 Å². The third-order valence-electron chi connectivity index (χ3n) is 3.02. The molecule has 0 aliphatic carbocycles. The van der Waals surface area contributed by atoms with Crippen LogP contribution in [0.25, 0.3) is 0 Å². The lowest BCUT2D eigenvalue weighted by atomic mass is 10.3. The van der Waals surface area contributed by atoms with Gasteiger partial charge in [0.05, 0.1) is 32.2 Å². The summed E-state index contributed by atoms with van der Waals surface area (Å²) < 4.78 is 35.2. The number of hydrogen-bond donors (Lipinski definition) is 3. The van der Waals surface area contributed by atoms with E-state index < -0.39 is 33.7 Å². The number of primary amides is 1. The molecule has 14 heteroatoms. The number of nitrogens with zero attached hydrogens (tertiary/aromatic N) is 4. The molecule has 2 rings (SSSR count). The fourth-order valence-electron chi connectivity index (χ4n) is 1.91. The van der Waals surface area contributed by atoms with Gasteiger partial charge in [-0.3, -0.25) is 5.10 Å². The monoisotopic (exact) mass is 386 g/mol. The molecule has 0 fully saturated rings. The Morgan fingerprint density at radius 2 is 1.85 bits per heavy atom. The quantitative estimate of drug-likeness (QED) is 0.550. The highest BCUT2D eigenvalue weighted by Gasteiger charge is 2.33. The van der Waals surface area contributed by atoms with Crippen LogP contribution in [0.1, 0.15) is 16.1 Å². The molecule has 0 saturated carbocycles. The molecule has 0 unspecified atom stereocenters. The predicted molar refractivity (Wildman–Crippen MR) is 85.4 cm³/mol. The number of anilines is 1. The predicted octanol–water partition coefficient (Wildman–Crippen LogP) is -0.670. The van der Waals surface area contributed by atoms with E-state index in [4.69, 9.17) is 20.3 Å². The summed E-state index contributed by atoms with van der Waals surface area (Å²) in [4.78, 5) is 30.4. The van der Waals surface area contributed by atoms with E-state index in [1.165, 1.54) is 20.3 Å². The standard InChI is InChI=1S/C12H14N6O7S/c1-24-8-3-9(25-2)16-12(15-8)18(11(13)21)26(22,23)5-7-6(10(19)20)4-14-17-7/h3-4H,5H2,1-2H3,(H2,13,21)(H,14,17)(H,19,20). The molecule has 2 heterocycles. The number of sulfonamides is 1. The summed E-state index contributed by atoms with van der Waals surface area (Å²) in [6.07, 6.45) is 0.937. The SMILES string of the molecule is COc1cc(OC)nc(N(C(N)=O)S(=O)(=O)Cc2[nH]ncc2C(=O)O)n1. The van der Waals surface area contributed by atoms with Crippen LogP contribution in [0.15, 0.2) is 12.3 Å². The topological polar surface area (TPSA) is 191 Å². The minimum absolute atomic E-state index is 0.0823. The summed E-state index contributed by atoms with van der Waals surface area (Å²) >= 11 is 0. The lowest BCUT2D eigenvalue weighted by Crippen LogP contribution is -2.42. The van der Waals surface area contributed by atoms with E-state index >= 15 is 0 Å². The summed E-state index contributed by atoms with van der Waals surface area (Å²) in [6.45, 7) is 0. The van der Waals surface area contributed by atoms with Gasteiger partial charge in [-0.05, 0) is 0 Å². The molecule has 2 amide bonds. The number of carboxylic acids is 1. The van der Waals surface area contributed by atoms with Crippen LogP contribution in [0.4, 0.5) is 10.7 Å². The molecule has 2 aromatic rings. The minimum Gasteiger partial charge on any atom is -0.481 e. The number of urea groups is 1. The van der Waals surface area contributed by atoms with E-state index in [-0.39, 0.29) is 27.3 Å². The maximum Gasteiger partial charge on any atom is 0.339 e. The van der Waals surface area contributed by atoms with E-state index in [1.54, 1.807) is 0 Å². The van der Waals surface area contributed by atoms with Crippen LogP contribution < -0.4 is 19.5 Å². The summed E-state index contributed by atoms with van der Waals surface area (Å²) in [7, 11) is -1.99. The van der Waals surface area contributed by atoms with Crippen molar-refractivity contribution in [1.29, 1.82) is 0 Å². The number of rotatable bonds is 7. The second kappa shape index (κ2) is 7.22. The number of aromatic amines is 1. The molecule has 13 nitrogen and oxygen atoms in total. The van der Waals surface area contributed by atoms with Crippen molar-refractivity contribution in [1.82, 2.24) is 20.2 Å². The molecule has 0 aliphatic rings. The molecule has 26 heavy (non-hydrogen) atoms. The highest BCUT2D eigenvalue weighted by atomic mass is 32.2. The van der Waals surface area contributed by atoms with Crippen molar-refractivity contribution in [2.24, 2.45) is 5.73 Å². The number of nitrogens with two attached hydrogens (primary N) is 1. The Kier molecular flexibility index (Phi) is 5.25. The Balaban J connectivity index is 2.51. The number of H-pyrrole nitrogens is 1. The molecule has 2 aromatic heterocycles. The first-order valence-corrected chi connectivity index (χ1v) is 8.35. The van der Waals surface area contributed by atoms with Crippen molar-refractivity contribution in [2.75, 3.05) is 18.5 Å². The largest absolute Gasteiger partial charge is 0.481 e. The average molecular weight is 386 g/mol. The van der Waals surface area contributed by atoms with Gasteiger partial charge in [-0.2, -0.15) is 19.4 Å². The van der Waals surface area contributed by atoms with Crippen molar-refractivity contribution >= 4 is 28.0 Å². The second-order valence-corrected chi connectivity index (χ2v) is 6.50. The molecule has 0 radical (unpaired) electrons. The fourth-order valence-corrected chi connectivity index (χ4v) is 3.23. The van der Waals surface area contributed by atoms with E-state index in [9.17, 15) is 18.0 Å². The summed E-state index contributed by atoms with van der Waals surface area (Å²) in [5, 5.41) is 14.8. The van der Waals surface area contributed by atoms with Crippen molar-refractivity contribution < 1.29 is 32.6 Å². The Bertz CT molecular complexity index is 919. The maximum absolute atomic E-state index is 12.6. The molecule has 0 aliphatic heterocycles.